The molecular weight excluding hydrogens is 290 g/mol. The third-order valence-corrected chi connectivity index (χ3v) is 5.34. The van der Waals surface area contributed by atoms with Crippen LogP contribution in [0.2, 0.25) is 0 Å². The average molecular weight is 311 g/mol. The van der Waals surface area contributed by atoms with Crippen LogP contribution in [0.4, 0.5) is 0 Å². The van der Waals surface area contributed by atoms with Gasteiger partial charge < -0.3 is 5.32 Å². The fraction of sp³-hybridized carbons (Fsp3) is 0.500. The van der Waals surface area contributed by atoms with Gasteiger partial charge in [0.1, 0.15) is 0 Å². The van der Waals surface area contributed by atoms with Crippen molar-refractivity contribution in [1.29, 1.82) is 0 Å². The lowest BCUT2D eigenvalue weighted by Gasteiger charge is -2.07. The molecule has 2 aromatic rings. The second-order valence-electron chi connectivity index (χ2n) is 6.69. The highest BCUT2D eigenvalue weighted by atomic mass is 16.2. The summed E-state index contributed by atoms with van der Waals surface area (Å²) in [6, 6.07) is 7.43. The minimum Gasteiger partial charge on any atom is -0.354 e. The van der Waals surface area contributed by atoms with E-state index in [0.717, 1.165) is 5.39 Å². The highest BCUT2D eigenvalue weighted by molar-refractivity contribution is 5.82. The molecule has 2 aliphatic rings. The van der Waals surface area contributed by atoms with Gasteiger partial charge in [-0.05, 0) is 30.7 Å². The largest absolute Gasteiger partial charge is 0.354 e. The standard InChI is InChI=1S/C18H21N3O2/c22-17(16-14-7-3-4-8-15(14)16)19-9-10-21-18(23)13-6-2-1-5-12(13)11-20-21/h1-2,5-6,11,14-16H,3-4,7-10H2,(H,19,22). The number of rotatable bonds is 4. The van der Waals surface area contributed by atoms with Crippen molar-refractivity contribution in [1.82, 2.24) is 15.1 Å². The summed E-state index contributed by atoms with van der Waals surface area (Å²) in [5.41, 5.74) is -0.0996. The van der Waals surface area contributed by atoms with Gasteiger partial charge in [0.25, 0.3) is 5.56 Å². The molecule has 0 aliphatic heterocycles. The SMILES string of the molecule is O=C(NCCn1ncc2ccccc2c1=O)C1C2CCCCC21. The first kappa shape index (κ1) is 14.4. The van der Waals surface area contributed by atoms with E-state index in [9.17, 15) is 9.59 Å². The van der Waals surface area contributed by atoms with Crippen LogP contribution in [0.1, 0.15) is 25.7 Å². The van der Waals surface area contributed by atoms with Crippen molar-refractivity contribution in [3.8, 4) is 0 Å². The van der Waals surface area contributed by atoms with Crippen LogP contribution in [0, 0.1) is 17.8 Å². The third-order valence-electron chi connectivity index (χ3n) is 5.34. The van der Waals surface area contributed by atoms with Crippen LogP contribution in [0.15, 0.2) is 35.3 Å². The van der Waals surface area contributed by atoms with Crippen LogP contribution in [0.3, 0.4) is 0 Å². The van der Waals surface area contributed by atoms with Gasteiger partial charge in [-0.3, -0.25) is 9.59 Å². The number of hydrogen-bond acceptors (Lipinski definition) is 3. The molecule has 1 aromatic carbocycles. The molecular formula is C18H21N3O2. The van der Waals surface area contributed by atoms with E-state index in [2.05, 4.69) is 10.4 Å². The predicted molar refractivity (Wildman–Crippen MR) is 88.0 cm³/mol. The van der Waals surface area contributed by atoms with Crippen molar-refractivity contribution in [3.63, 3.8) is 0 Å². The number of nitrogens with one attached hydrogen (secondary N) is 1. The highest BCUT2D eigenvalue weighted by Gasteiger charge is 2.54. The molecule has 1 aromatic heterocycles. The minimum atomic E-state index is -0.0996. The minimum absolute atomic E-state index is 0.0996. The Balaban J connectivity index is 1.37. The number of amides is 1. The van der Waals surface area contributed by atoms with Crippen LogP contribution in [-0.4, -0.2) is 22.2 Å². The van der Waals surface area contributed by atoms with Crippen LogP contribution in [0.5, 0.6) is 0 Å². The summed E-state index contributed by atoms with van der Waals surface area (Å²) in [6.07, 6.45) is 6.64. The van der Waals surface area contributed by atoms with E-state index in [4.69, 9.17) is 0 Å². The lowest BCUT2D eigenvalue weighted by molar-refractivity contribution is -0.122. The fourth-order valence-electron chi connectivity index (χ4n) is 4.07. The number of carbonyl (C=O) groups is 1. The van der Waals surface area contributed by atoms with Gasteiger partial charge in [-0.15, -0.1) is 0 Å². The van der Waals surface area contributed by atoms with Gasteiger partial charge >= 0.3 is 0 Å². The molecule has 2 unspecified atom stereocenters. The van der Waals surface area contributed by atoms with E-state index in [0.29, 0.717) is 30.3 Å². The average Bonchev–Trinajstić information content (AvgIpc) is 3.31. The number of carbonyl (C=O) groups excluding carboxylic acids is 1. The molecule has 2 fully saturated rings. The normalized spacial score (nSPS) is 25.8. The van der Waals surface area contributed by atoms with Crippen molar-refractivity contribution < 1.29 is 4.79 Å². The van der Waals surface area contributed by atoms with Gasteiger partial charge in [-0.25, -0.2) is 4.68 Å². The number of benzene rings is 1. The van der Waals surface area contributed by atoms with Crippen LogP contribution >= 0.6 is 0 Å². The van der Waals surface area contributed by atoms with Crippen molar-refractivity contribution in [2.45, 2.75) is 32.2 Å². The summed E-state index contributed by atoms with van der Waals surface area (Å²) in [5.74, 6) is 1.62. The Kier molecular flexibility index (Phi) is 3.63. The van der Waals surface area contributed by atoms with Crippen LogP contribution < -0.4 is 10.9 Å². The quantitative estimate of drug-likeness (QED) is 0.938. The second-order valence-corrected chi connectivity index (χ2v) is 6.69. The van der Waals surface area contributed by atoms with E-state index < -0.39 is 0 Å². The Hall–Kier alpha value is -2.17. The van der Waals surface area contributed by atoms with E-state index >= 15 is 0 Å². The maximum absolute atomic E-state index is 12.3. The molecule has 5 heteroatoms. The Labute approximate surface area is 134 Å². The maximum atomic E-state index is 12.3. The number of aromatic nitrogens is 2. The highest BCUT2D eigenvalue weighted by Crippen LogP contribution is 2.55. The summed E-state index contributed by atoms with van der Waals surface area (Å²) in [4.78, 5) is 24.6. The lowest BCUT2D eigenvalue weighted by Crippen LogP contribution is -2.33. The van der Waals surface area contributed by atoms with Crippen molar-refractivity contribution >= 4 is 16.7 Å². The molecule has 0 radical (unpaired) electrons. The molecule has 5 nitrogen and oxygen atoms in total. The molecule has 1 amide bonds. The van der Waals surface area contributed by atoms with Crippen molar-refractivity contribution in [2.75, 3.05) is 6.54 Å². The van der Waals surface area contributed by atoms with E-state index in [1.165, 1.54) is 30.4 Å². The zero-order chi connectivity index (χ0) is 15.8. The summed E-state index contributed by atoms with van der Waals surface area (Å²) < 4.78 is 1.43. The molecule has 0 bridgehead atoms. The zero-order valence-electron chi connectivity index (χ0n) is 13.1. The van der Waals surface area contributed by atoms with Gasteiger partial charge in [0.2, 0.25) is 5.91 Å². The van der Waals surface area contributed by atoms with E-state index in [1.54, 1.807) is 6.20 Å². The summed E-state index contributed by atoms with van der Waals surface area (Å²) in [5, 5.41) is 8.69. The molecule has 2 aliphatic carbocycles. The van der Waals surface area contributed by atoms with Gasteiger partial charge in [-0.1, -0.05) is 31.0 Å². The summed E-state index contributed by atoms with van der Waals surface area (Å²) >= 11 is 0. The fourth-order valence-corrected chi connectivity index (χ4v) is 4.07. The molecule has 0 spiro atoms. The van der Waals surface area contributed by atoms with Crippen LogP contribution in [0.25, 0.3) is 10.8 Å². The lowest BCUT2D eigenvalue weighted by atomic mass is 10.0. The number of nitrogens with zero attached hydrogens (tertiary/aromatic N) is 2. The Morgan fingerprint density at radius 2 is 1.96 bits per heavy atom. The zero-order valence-corrected chi connectivity index (χ0v) is 13.1. The molecule has 1 heterocycles. The summed E-state index contributed by atoms with van der Waals surface area (Å²) in [7, 11) is 0. The first-order valence-electron chi connectivity index (χ1n) is 8.48. The van der Waals surface area contributed by atoms with E-state index in [-0.39, 0.29) is 17.4 Å². The molecule has 2 atom stereocenters. The molecule has 4 rings (SSSR count). The summed E-state index contributed by atoms with van der Waals surface area (Å²) in [6.45, 7) is 0.873. The monoisotopic (exact) mass is 311 g/mol. The van der Waals surface area contributed by atoms with Gasteiger partial charge in [0.05, 0.1) is 18.1 Å². The third kappa shape index (κ3) is 2.64. The molecule has 1 N–H and O–H groups in total. The number of hydrogen-bond donors (Lipinski definition) is 1. The topological polar surface area (TPSA) is 64.0 Å². The van der Waals surface area contributed by atoms with Crippen molar-refractivity contribution in [2.24, 2.45) is 17.8 Å². The molecule has 0 saturated heterocycles. The van der Waals surface area contributed by atoms with Gasteiger partial charge in [0, 0.05) is 17.8 Å². The first-order valence-corrected chi connectivity index (χ1v) is 8.48. The predicted octanol–water partition coefficient (Wildman–Crippen LogP) is 1.95. The van der Waals surface area contributed by atoms with E-state index in [1.807, 2.05) is 24.3 Å². The molecule has 120 valence electrons. The Morgan fingerprint density at radius 3 is 2.74 bits per heavy atom. The second kappa shape index (κ2) is 5.80. The molecule has 23 heavy (non-hydrogen) atoms. The van der Waals surface area contributed by atoms with Gasteiger partial charge in [-0.2, -0.15) is 5.10 Å². The smallest absolute Gasteiger partial charge is 0.274 e. The van der Waals surface area contributed by atoms with Gasteiger partial charge in [0.15, 0.2) is 0 Å². The van der Waals surface area contributed by atoms with Crippen LogP contribution in [-0.2, 0) is 11.3 Å². The molecule has 2 saturated carbocycles. The Bertz CT molecular complexity index is 786. The maximum Gasteiger partial charge on any atom is 0.274 e. The number of fused-ring (bicyclic) bond motifs is 2. The first-order chi connectivity index (χ1) is 11.3. The Morgan fingerprint density at radius 1 is 1.22 bits per heavy atom. The van der Waals surface area contributed by atoms with Crippen molar-refractivity contribution in [3.05, 3.63) is 40.8 Å².